The van der Waals surface area contributed by atoms with Crippen LogP contribution in [-0.4, -0.2) is 21.6 Å². The van der Waals surface area contributed by atoms with Crippen molar-refractivity contribution >= 4 is 22.2 Å². The van der Waals surface area contributed by atoms with Gasteiger partial charge in [0, 0.05) is 28.9 Å². The Balaban J connectivity index is 1.67. The number of rotatable bonds is 4. The molecule has 19 heavy (non-hydrogen) atoms. The highest BCUT2D eigenvalue weighted by molar-refractivity contribution is 7.09. The molecular weight excluding hydrogens is 258 g/mol. The van der Waals surface area contributed by atoms with Crippen molar-refractivity contribution in [1.29, 1.82) is 0 Å². The molecule has 0 radical (unpaired) electrons. The summed E-state index contributed by atoms with van der Waals surface area (Å²) in [6, 6.07) is 5.87. The molecule has 0 aliphatic heterocycles. The molecule has 0 aliphatic carbocycles. The molecule has 0 fully saturated rings. The van der Waals surface area contributed by atoms with Gasteiger partial charge in [-0.05, 0) is 19.1 Å². The van der Waals surface area contributed by atoms with Crippen LogP contribution < -0.4 is 4.74 Å². The molecule has 0 saturated heterocycles. The molecule has 3 aromatic rings. The molecule has 0 spiro atoms. The molecule has 0 unspecified atom stereocenters. The smallest absolute Gasteiger partial charge is 0.121 e. The normalized spacial score (nSPS) is 10.8. The number of nitrogens with zero attached hydrogens (tertiary/aromatic N) is 3. The Kier molecular flexibility index (Phi) is 3.37. The first-order valence-electron chi connectivity index (χ1n) is 6.04. The van der Waals surface area contributed by atoms with E-state index >= 15 is 0 Å². The SMILES string of the molecule is Cc1ncsc1CCOc1ccc2cncnc2c1. The van der Waals surface area contributed by atoms with Crippen LogP contribution in [0.4, 0.5) is 0 Å². The summed E-state index contributed by atoms with van der Waals surface area (Å²) in [6.07, 6.45) is 4.23. The summed E-state index contributed by atoms with van der Waals surface area (Å²) >= 11 is 1.68. The van der Waals surface area contributed by atoms with Gasteiger partial charge in [0.15, 0.2) is 0 Å². The van der Waals surface area contributed by atoms with Crippen molar-refractivity contribution in [2.24, 2.45) is 0 Å². The Bertz CT molecular complexity index is 696. The van der Waals surface area contributed by atoms with Crippen molar-refractivity contribution in [3.8, 4) is 5.75 Å². The van der Waals surface area contributed by atoms with Crippen molar-refractivity contribution in [3.63, 3.8) is 0 Å². The fraction of sp³-hybridized carbons (Fsp3) is 0.214. The number of hydrogen-bond acceptors (Lipinski definition) is 5. The zero-order valence-electron chi connectivity index (χ0n) is 10.5. The standard InChI is InChI=1S/C14H13N3OS/c1-10-14(19-9-17-10)4-5-18-12-3-2-11-7-15-8-16-13(11)6-12/h2-3,6-9H,4-5H2,1H3. The average molecular weight is 271 g/mol. The Morgan fingerprint density at radius 3 is 3.05 bits per heavy atom. The fourth-order valence-electron chi connectivity index (χ4n) is 1.87. The maximum atomic E-state index is 5.76. The Morgan fingerprint density at radius 2 is 2.21 bits per heavy atom. The highest BCUT2D eigenvalue weighted by Gasteiger charge is 2.02. The third-order valence-corrected chi connectivity index (χ3v) is 3.92. The van der Waals surface area contributed by atoms with Gasteiger partial charge in [0.25, 0.3) is 0 Å². The lowest BCUT2D eigenvalue weighted by atomic mass is 10.2. The van der Waals surface area contributed by atoms with E-state index in [0.717, 1.165) is 28.8 Å². The van der Waals surface area contributed by atoms with Crippen LogP contribution in [0.15, 0.2) is 36.2 Å². The van der Waals surface area contributed by atoms with E-state index in [2.05, 4.69) is 15.0 Å². The van der Waals surface area contributed by atoms with Gasteiger partial charge in [-0.2, -0.15) is 0 Å². The number of hydrogen-bond donors (Lipinski definition) is 0. The van der Waals surface area contributed by atoms with Gasteiger partial charge >= 0.3 is 0 Å². The van der Waals surface area contributed by atoms with Crippen molar-refractivity contribution in [2.45, 2.75) is 13.3 Å². The summed E-state index contributed by atoms with van der Waals surface area (Å²) in [5.41, 5.74) is 3.87. The van der Waals surface area contributed by atoms with Gasteiger partial charge in [-0.3, -0.25) is 0 Å². The molecule has 1 aromatic carbocycles. The second-order valence-electron chi connectivity index (χ2n) is 4.20. The van der Waals surface area contributed by atoms with E-state index in [4.69, 9.17) is 4.74 Å². The van der Waals surface area contributed by atoms with Crippen LogP contribution in [0.1, 0.15) is 10.6 Å². The van der Waals surface area contributed by atoms with Crippen molar-refractivity contribution in [1.82, 2.24) is 15.0 Å². The Labute approximate surface area is 115 Å². The molecule has 2 heterocycles. The van der Waals surface area contributed by atoms with E-state index < -0.39 is 0 Å². The fourth-order valence-corrected chi connectivity index (χ4v) is 2.63. The summed E-state index contributed by atoms with van der Waals surface area (Å²) in [4.78, 5) is 13.7. The number of fused-ring (bicyclic) bond motifs is 1. The van der Waals surface area contributed by atoms with E-state index in [0.29, 0.717) is 6.61 Å². The van der Waals surface area contributed by atoms with Crippen molar-refractivity contribution in [2.75, 3.05) is 6.61 Å². The average Bonchev–Trinajstić information content (AvgIpc) is 2.84. The summed E-state index contributed by atoms with van der Waals surface area (Å²) in [6.45, 7) is 2.68. The monoisotopic (exact) mass is 271 g/mol. The van der Waals surface area contributed by atoms with Crippen LogP contribution in [0.5, 0.6) is 5.75 Å². The predicted molar refractivity (Wildman–Crippen MR) is 75.6 cm³/mol. The Morgan fingerprint density at radius 1 is 1.26 bits per heavy atom. The second-order valence-corrected chi connectivity index (χ2v) is 5.14. The molecule has 0 saturated carbocycles. The number of benzene rings is 1. The van der Waals surface area contributed by atoms with Crippen molar-refractivity contribution < 1.29 is 4.74 Å². The Hall–Kier alpha value is -2.01. The van der Waals surface area contributed by atoms with Crippen molar-refractivity contribution in [3.05, 3.63) is 46.8 Å². The van der Waals surface area contributed by atoms with Crippen LogP contribution in [0.3, 0.4) is 0 Å². The first-order valence-corrected chi connectivity index (χ1v) is 6.92. The molecule has 0 N–H and O–H groups in total. The summed E-state index contributed by atoms with van der Waals surface area (Å²) in [7, 11) is 0. The number of aryl methyl sites for hydroxylation is 1. The highest BCUT2D eigenvalue weighted by atomic mass is 32.1. The molecule has 4 nitrogen and oxygen atoms in total. The topological polar surface area (TPSA) is 47.9 Å². The summed E-state index contributed by atoms with van der Waals surface area (Å²) in [5.74, 6) is 0.841. The molecule has 2 aromatic heterocycles. The van der Waals surface area contributed by atoms with E-state index in [9.17, 15) is 0 Å². The maximum absolute atomic E-state index is 5.76. The van der Waals surface area contributed by atoms with E-state index in [1.54, 1.807) is 23.9 Å². The molecule has 96 valence electrons. The third kappa shape index (κ3) is 2.71. The van der Waals surface area contributed by atoms with Crippen LogP contribution in [0.2, 0.25) is 0 Å². The third-order valence-electron chi connectivity index (χ3n) is 2.92. The van der Waals surface area contributed by atoms with Gasteiger partial charge in [0.1, 0.15) is 12.1 Å². The second kappa shape index (κ2) is 5.32. The lowest BCUT2D eigenvalue weighted by Crippen LogP contribution is -2.01. The minimum atomic E-state index is 0.652. The van der Waals surface area contributed by atoms with E-state index in [-0.39, 0.29) is 0 Å². The molecular formula is C14H13N3OS. The zero-order valence-corrected chi connectivity index (χ0v) is 11.4. The van der Waals surface area contributed by atoms with Gasteiger partial charge in [-0.25, -0.2) is 15.0 Å². The molecule has 0 aliphatic rings. The summed E-state index contributed by atoms with van der Waals surface area (Å²) in [5, 5.41) is 1.02. The lowest BCUT2D eigenvalue weighted by Gasteiger charge is -2.06. The predicted octanol–water partition coefficient (Wildman–Crippen LogP) is 3.02. The maximum Gasteiger partial charge on any atom is 0.121 e. The molecule has 0 amide bonds. The minimum absolute atomic E-state index is 0.652. The number of thiazole rings is 1. The molecule has 3 rings (SSSR count). The molecule has 5 heteroatoms. The minimum Gasteiger partial charge on any atom is -0.493 e. The van der Waals surface area contributed by atoms with Crippen LogP contribution >= 0.6 is 11.3 Å². The quantitative estimate of drug-likeness (QED) is 0.732. The summed E-state index contributed by atoms with van der Waals surface area (Å²) < 4.78 is 5.76. The van der Waals surface area contributed by atoms with E-state index in [1.807, 2.05) is 30.6 Å². The molecule has 0 atom stereocenters. The van der Waals surface area contributed by atoms with E-state index in [1.165, 1.54) is 4.88 Å². The first kappa shape index (κ1) is 12.0. The van der Waals surface area contributed by atoms with Gasteiger partial charge in [0.2, 0.25) is 0 Å². The van der Waals surface area contributed by atoms with Crippen LogP contribution in [0.25, 0.3) is 10.9 Å². The largest absolute Gasteiger partial charge is 0.493 e. The van der Waals surface area contributed by atoms with Crippen LogP contribution in [0, 0.1) is 6.92 Å². The zero-order chi connectivity index (χ0) is 13.1. The van der Waals surface area contributed by atoms with Gasteiger partial charge < -0.3 is 4.74 Å². The van der Waals surface area contributed by atoms with Gasteiger partial charge in [-0.15, -0.1) is 11.3 Å². The van der Waals surface area contributed by atoms with Crippen LogP contribution in [-0.2, 0) is 6.42 Å². The lowest BCUT2D eigenvalue weighted by molar-refractivity contribution is 0.323. The number of aromatic nitrogens is 3. The highest BCUT2D eigenvalue weighted by Crippen LogP contribution is 2.19. The van der Waals surface area contributed by atoms with Gasteiger partial charge in [0.05, 0.1) is 23.3 Å². The number of ether oxygens (including phenoxy) is 1. The first-order chi connectivity index (χ1) is 9.33. The van der Waals surface area contributed by atoms with Gasteiger partial charge in [-0.1, -0.05) is 0 Å². The molecule has 0 bridgehead atoms.